The van der Waals surface area contributed by atoms with E-state index in [0.29, 0.717) is 6.54 Å². The highest BCUT2D eigenvalue weighted by atomic mass is 16.5. The third kappa shape index (κ3) is 2.39. The lowest BCUT2D eigenvalue weighted by molar-refractivity contribution is 0.141. The highest BCUT2D eigenvalue weighted by Crippen LogP contribution is 2.45. The fourth-order valence-electron chi connectivity index (χ4n) is 4.80. The second-order valence-corrected chi connectivity index (χ2v) is 7.16. The summed E-state index contributed by atoms with van der Waals surface area (Å²) in [5.74, 6) is 1.59. The molecule has 0 saturated carbocycles. The largest absolute Gasteiger partial charge is 0.497 e. The number of rotatable bonds is 3. The number of amides is 2. The predicted molar refractivity (Wildman–Crippen MR) is 99.5 cm³/mol. The van der Waals surface area contributed by atoms with Crippen LogP contribution < -0.4 is 14.8 Å². The SMILES string of the molecule is CCN1C(=O)N2Cc3cc(OC)cc(OC)c3CC=C2C12CCNCC2. The summed E-state index contributed by atoms with van der Waals surface area (Å²) in [6.45, 7) is 5.27. The van der Waals surface area contributed by atoms with Gasteiger partial charge in [0.05, 0.1) is 26.3 Å². The van der Waals surface area contributed by atoms with Gasteiger partial charge in [-0.15, -0.1) is 0 Å². The molecule has 3 aliphatic heterocycles. The Kier molecular flexibility index (Phi) is 4.31. The van der Waals surface area contributed by atoms with Gasteiger partial charge in [0.1, 0.15) is 11.5 Å². The average molecular weight is 357 g/mol. The van der Waals surface area contributed by atoms with Gasteiger partial charge >= 0.3 is 6.03 Å². The Morgan fingerprint density at radius 2 is 1.96 bits per heavy atom. The molecule has 3 aliphatic rings. The van der Waals surface area contributed by atoms with Crippen molar-refractivity contribution in [2.45, 2.75) is 38.3 Å². The van der Waals surface area contributed by atoms with Crippen LogP contribution in [0, 0.1) is 0 Å². The molecule has 6 nitrogen and oxygen atoms in total. The van der Waals surface area contributed by atoms with E-state index in [4.69, 9.17) is 9.47 Å². The molecule has 1 aromatic carbocycles. The predicted octanol–water partition coefficient (Wildman–Crippen LogP) is 2.52. The quantitative estimate of drug-likeness (QED) is 0.903. The van der Waals surface area contributed by atoms with Gasteiger partial charge in [-0.05, 0) is 50.9 Å². The molecule has 3 heterocycles. The van der Waals surface area contributed by atoms with Crippen molar-refractivity contribution < 1.29 is 14.3 Å². The van der Waals surface area contributed by atoms with E-state index in [2.05, 4.69) is 23.2 Å². The lowest BCUT2D eigenvalue weighted by atomic mass is 9.84. The van der Waals surface area contributed by atoms with Crippen LogP contribution in [-0.2, 0) is 13.0 Å². The van der Waals surface area contributed by atoms with Crippen molar-refractivity contribution in [1.82, 2.24) is 15.1 Å². The van der Waals surface area contributed by atoms with Crippen molar-refractivity contribution in [3.05, 3.63) is 35.0 Å². The van der Waals surface area contributed by atoms with Gasteiger partial charge in [-0.1, -0.05) is 6.08 Å². The van der Waals surface area contributed by atoms with E-state index in [9.17, 15) is 4.79 Å². The second kappa shape index (κ2) is 6.50. The van der Waals surface area contributed by atoms with E-state index in [-0.39, 0.29) is 11.6 Å². The number of allylic oxidation sites excluding steroid dienone is 1. The molecule has 2 amide bonds. The summed E-state index contributed by atoms with van der Waals surface area (Å²) in [6.07, 6.45) is 4.95. The Morgan fingerprint density at radius 1 is 1.19 bits per heavy atom. The van der Waals surface area contributed by atoms with Crippen LogP contribution in [0.2, 0.25) is 0 Å². The molecule has 6 heteroatoms. The molecule has 4 rings (SSSR count). The van der Waals surface area contributed by atoms with Crippen LogP contribution in [-0.4, -0.2) is 55.2 Å². The molecule has 2 saturated heterocycles. The van der Waals surface area contributed by atoms with Gasteiger partial charge in [0.15, 0.2) is 0 Å². The molecular weight excluding hydrogens is 330 g/mol. The van der Waals surface area contributed by atoms with Crippen LogP contribution in [0.25, 0.3) is 0 Å². The molecule has 140 valence electrons. The minimum atomic E-state index is -0.170. The van der Waals surface area contributed by atoms with Gasteiger partial charge in [0.25, 0.3) is 0 Å². The number of carbonyl (C=O) groups excluding carboxylic acids is 1. The Balaban J connectivity index is 1.80. The molecule has 26 heavy (non-hydrogen) atoms. The normalized spacial score (nSPS) is 21.2. The van der Waals surface area contributed by atoms with E-state index >= 15 is 0 Å². The zero-order chi connectivity index (χ0) is 18.3. The van der Waals surface area contributed by atoms with E-state index in [1.54, 1.807) is 14.2 Å². The molecule has 0 aromatic heterocycles. The third-order valence-corrected chi connectivity index (χ3v) is 6.05. The van der Waals surface area contributed by atoms with E-state index in [1.807, 2.05) is 17.0 Å². The summed E-state index contributed by atoms with van der Waals surface area (Å²) in [6, 6.07) is 4.08. The summed E-state index contributed by atoms with van der Waals surface area (Å²) >= 11 is 0. The highest BCUT2D eigenvalue weighted by molar-refractivity contribution is 5.83. The maximum absolute atomic E-state index is 13.2. The standard InChI is InChI=1S/C20H27N3O3/c1-4-23-19(24)22-13-14-11-15(25-2)12-17(26-3)16(14)5-6-18(22)20(23)7-9-21-10-8-20/h6,11-12,21H,4-5,7-10,13H2,1-3H3. The first-order valence-corrected chi connectivity index (χ1v) is 9.39. The minimum absolute atomic E-state index is 0.121. The maximum Gasteiger partial charge on any atom is 0.325 e. The molecule has 0 unspecified atom stereocenters. The van der Waals surface area contributed by atoms with E-state index in [1.165, 1.54) is 5.70 Å². The van der Waals surface area contributed by atoms with Crippen LogP contribution in [0.1, 0.15) is 30.9 Å². The fraction of sp³-hybridized carbons (Fsp3) is 0.550. The molecule has 1 N–H and O–H groups in total. The van der Waals surface area contributed by atoms with Gasteiger partial charge in [-0.2, -0.15) is 0 Å². The van der Waals surface area contributed by atoms with Crippen LogP contribution in [0.3, 0.4) is 0 Å². The lowest BCUT2D eigenvalue weighted by Crippen LogP contribution is -2.52. The van der Waals surface area contributed by atoms with Crippen LogP contribution in [0.4, 0.5) is 4.79 Å². The topological polar surface area (TPSA) is 54.0 Å². The Labute approximate surface area is 154 Å². The summed E-state index contributed by atoms with van der Waals surface area (Å²) in [7, 11) is 3.35. The molecule has 0 atom stereocenters. The smallest absolute Gasteiger partial charge is 0.325 e. The Morgan fingerprint density at radius 3 is 2.62 bits per heavy atom. The number of benzene rings is 1. The number of nitrogens with zero attached hydrogens (tertiary/aromatic N) is 2. The summed E-state index contributed by atoms with van der Waals surface area (Å²) in [5, 5.41) is 3.44. The minimum Gasteiger partial charge on any atom is -0.497 e. The van der Waals surface area contributed by atoms with Crippen LogP contribution >= 0.6 is 0 Å². The molecule has 0 aliphatic carbocycles. The van der Waals surface area contributed by atoms with E-state index < -0.39 is 0 Å². The van der Waals surface area contributed by atoms with Gasteiger partial charge in [0, 0.05) is 23.9 Å². The number of urea groups is 1. The average Bonchev–Trinajstić information content (AvgIpc) is 2.81. The van der Waals surface area contributed by atoms with Gasteiger partial charge < -0.3 is 19.7 Å². The number of hydrogen-bond donors (Lipinski definition) is 1. The van der Waals surface area contributed by atoms with Gasteiger partial charge in [-0.3, -0.25) is 4.90 Å². The number of fused-ring (bicyclic) bond motifs is 3. The van der Waals surface area contributed by atoms with Crippen LogP contribution in [0.5, 0.6) is 11.5 Å². The molecule has 0 radical (unpaired) electrons. The third-order valence-electron chi connectivity index (χ3n) is 6.05. The first-order valence-electron chi connectivity index (χ1n) is 9.39. The molecule has 1 aromatic rings. The van der Waals surface area contributed by atoms with Crippen molar-refractivity contribution in [2.75, 3.05) is 33.9 Å². The van der Waals surface area contributed by atoms with Crippen molar-refractivity contribution in [3.8, 4) is 11.5 Å². The van der Waals surface area contributed by atoms with Crippen molar-refractivity contribution in [1.29, 1.82) is 0 Å². The molecular formula is C20H27N3O3. The van der Waals surface area contributed by atoms with Crippen molar-refractivity contribution >= 4 is 6.03 Å². The lowest BCUT2D eigenvalue weighted by Gasteiger charge is -2.40. The summed E-state index contributed by atoms with van der Waals surface area (Å²) in [4.78, 5) is 17.3. The second-order valence-electron chi connectivity index (χ2n) is 7.16. The number of methoxy groups -OCH3 is 2. The number of carbonyl (C=O) groups is 1. The van der Waals surface area contributed by atoms with E-state index in [0.717, 1.165) is 61.5 Å². The number of piperidine rings is 1. The van der Waals surface area contributed by atoms with Gasteiger partial charge in [0.2, 0.25) is 0 Å². The fourth-order valence-corrected chi connectivity index (χ4v) is 4.80. The Hall–Kier alpha value is -2.21. The molecule has 0 bridgehead atoms. The molecule has 2 fully saturated rings. The van der Waals surface area contributed by atoms with Crippen LogP contribution in [0.15, 0.2) is 23.9 Å². The number of nitrogens with one attached hydrogen (secondary N) is 1. The molecule has 1 spiro atoms. The van der Waals surface area contributed by atoms with Crippen molar-refractivity contribution in [3.63, 3.8) is 0 Å². The summed E-state index contributed by atoms with van der Waals surface area (Å²) < 4.78 is 11.0. The number of likely N-dealkylation sites (N-methyl/N-ethyl adjacent to an activating group) is 1. The summed E-state index contributed by atoms with van der Waals surface area (Å²) in [5.41, 5.74) is 3.25. The Bertz CT molecular complexity index is 753. The highest BCUT2D eigenvalue weighted by Gasteiger charge is 2.53. The first-order chi connectivity index (χ1) is 12.6. The monoisotopic (exact) mass is 357 g/mol. The maximum atomic E-state index is 13.2. The van der Waals surface area contributed by atoms with Gasteiger partial charge in [-0.25, -0.2) is 4.79 Å². The number of ether oxygens (including phenoxy) is 2. The van der Waals surface area contributed by atoms with Crippen molar-refractivity contribution in [2.24, 2.45) is 0 Å². The zero-order valence-corrected chi connectivity index (χ0v) is 15.8. The zero-order valence-electron chi connectivity index (χ0n) is 15.8. The first kappa shape index (κ1) is 17.2. The number of hydrogen-bond acceptors (Lipinski definition) is 4.